The maximum atomic E-state index is 10.7. The summed E-state index contributed by atoms with van der Waals surface area (Å²) in [5.41, 5.74) is 3.20. The first kappa shape index (κ1) is 12.3. The van der Waals surface area contributed by atoms with E-state index in [2.05, 4.69) is 10.3 Å². The maximum Gasteiger partial charge on any atom is 0.234 e. The van der Waals surface area contributed by atoms with E-state index >= 15 is 0 Å². The number of ether oxygens (including phenoxy) is 1. The van der Waals surface area contributed by atoms with Gasteiger partial charge in [-0.2, -0.15) is 5.10 Å². The van der Waals surface area contributed by atoms with Crippen molar-refractivity contribution in [1.29, 1.82) is 0 Å². The molecule has 0 atom stereocenters. The van der Waals surface area contributed by atoms with E-state index in [9.17, 15) is 4.91 Å². The normalized spacial score (nSPS) is 10.4. The monoisotopic (exact) mass is 246 g/mol. The van der Waals surface area contributed by atoms with E-state index in [-0.39, 0.29) is 0 Å². The molecule has 0 fully saturated rings. The van der Waals surface area contributed by atoms with Gasteiger partial charge in [-0.05, 0) is 24.2 Å². The van der Waals surface area contributed by atoms with E-state index in [1.807, 2.05) is 42.8 Å². The second kappa shape index (κ2) is 5.00. The van der Waals surface area contributed by atoms with Gasteiger partial charge in [0.05, 0.1) is 7.11 Å². The molecule has 1 aromatic carbocycles. The minimum atomic E-state index is 0.484. The van der Waals surface area contributed by atoms with Gasteiger partial charge >= 0.3 is 0 Å². The van der Waals surface area contributed by atoms with Crippen molar-refractivity contribution in [2.24, 2.45) is 5.18 Å². The number of nitrogens with one attached hydrogen (secondary N) is 1. The van der Waals surface area contributed by atoms with Crippen LogP contribution in [0.3, 0.4) is 0 Å². The number of aromatic nitrogens is 2. The predicted octanol–water partition coefficient (Wildman–Crippen LogP) is 2.37. The van der Waals surface area contributed by atoms with Crippen LogP contribution in [0, 0.1) is 18.8 Å². The van der Waals surface area contributed by atoms with Crippen molar-refractivity contribution >= 4 is 5.69 Å². The molecule has 0 unspecified atom stereocenters. The number of aryl methyl sites for hydroxylation is 1. The van der Waals surface area contributed by atoms with Crippen molar-refractivity contribution in [3.8, 4) is 5.75 Å². The summed E-state index contributed by atoms with van der Waals surface area (Å²) < 4.78 is 7.09. The zero-order valence-electron chi connectivity index (χ0n) is 10.7. The van der Waals surface area contributed by atoms with Crippen molar-refractivity contribution in [2.75, 3.05) is 7.11 Å². The molecule has 2 aromatic rings. The third-order valence-electron chi connectivity index (χ3n) is 2.97. The highest BCUT2D eigenvalue weighted by atomic mass is 16.5. The molecule has 5 nitrogen and oxygen atoms in total. The molecule has 0 saturated heterocycles. The number of hydrogen-bond acceptors (Lipinski definition) is 3. The largest absolute Gasteiger partial charge is 0.497 e. The van der Waals surface area contributed by atoms with Crippen LogP contribution in [-0.2, 0) is 6.54 Å². The van der Waals surface area contributed by atoms with Crippen molar-refractivity contribution in [3.05, 3.63) is 46.1 Å². The fourth-order valence-corrected chi connectivity index (χ4v) is 1.98. The Kier molecular flexibility index (Phi) is 3.41. The van der Waals surface area contributed by atoms with E-state index in [1.54, 1.807) is 7.11 Å². The Bertz CT molecular complexity index is 576. The van der Waals surface area contributed by atoms with Gasteiger partial charge in [0.25, 0.3) is 0 Å². The SMILES string of the molecule is COc1cccc(C[n+]2[nH]c(C)c(N=O)c2C)c1. The minimum absolute atomic E-state index is 0.484. The second-order valence-corrected chi connectivity index (χ2v) is 4.20. The lowest BCUT2D eigenvalue weighted by Gasteiger charge is -2.01. The number of nitroso groups, excluding NO2 is 1. The summed E-state index contributed by atoms with van der Waals surface area (Å²) in [7, 11) is 1.64. The molecular formula is C13H16N3O2+. The molecule has 1 heterocycles. The zero-order chi connectivity index (χ0) is 13.1. The lowest BCUT2D eigenvalue weighted by Crippen LogP contribution is -2.38. The molecule has 5 heteroatoms. The molecule has 18 heavy (non-hydrogen) atoms. The lowest BCUT2D eigenvalue weighted by molar-refractivity contribution is -0.747. The molecule has 0 radical (unpaired) electrons. The van der Waals surface area contributed by atoms with Gasteiger partial charge in [-0.1, -0.05) is 12.1 Å². The van der Waals surface area contributed by atoms with Crippen LogP contribution in [0.1, 0.15) is 17.0 Å². The first-order valence-electron chi connectivity index (χ1n) is 5.71. The number of H-pyrrole nitrogens is 1. The fraction of sp³-hybridized carbons (Fsp3) is 0.308. The molecule has 0 aliphatic carbocycles. The number of methoxy groups -OCH3 is 1. The topological polar surface area (TPSA) is 58.3 Å². The van der Waals surface area contributed by atoms with Crippen molar-refractivity contribution in [1.82, 2.24) is 5.10 Å². The molecule has 0 bridgehead atoms. The van der Waals surface area contributed by atoms with E-state index < -0.39 is 0 Å². The molecule has 0 amide bonds. The number of aromatic amines is 1. The standard InChI is InChI=1S/C13H15N3O2/c1-9-13(15-17)10(2)16(14-9)8-11-5-4-6-12(7-11)18-3/h4-7H,8H2,1-3H3/p+1. The fourth-order valence-electron chi connectivity index (χ4n) is 1.98. The highest BCUT2D eigenvalue weighted by molar-refractivity contribution is 5.42. The minimum Gasteiger partial charge on any atom is -0.497 e. The van der Waals surface area contributed by atoms with Gasteiger partial charge in [-0.3, -0.25) is 0 Å². The Labute approximate surface area is 105 Å². The van der Waals surface area contributed by atoms with Gasteiger partial charge in [0.15, 0.2) is 6.54 Å². The van der Waals surface area contributed by atoms with Gasteiger partial charge in [0.2, 0.25) is 11.4 Å². The lowest BCUT2D eigenvalue weighted by atomic mass is 10.2. The van der Waals surface area contributed by atoms with Crippen LogP contribution in [0.5, 0.6) is 5.75 Å². The van der Waals surface area contributed by atoms with Crippen LogP contribution < -0.4 is 9.42 Å². The Morgan fingerprint density at radius 3 is 2.78 bits per heavy atom. The van der Waals surface area contributed by atoms with Crippen LogP contribution in [0.15, 0.2) is 29.4 Å². The Balaban J connectivity index is 2.31. The van der Waals surface area contributed by atoms with Gasteiger partial charge in [0, 0.05) is 12.5 Å². The van der Waals surface area contributed by atoms with Gasteiger partial charge in [0.1, 0.15) is 11.4 Å². The third kappa shape index (κ3) is 2.25. The first-order valence-corrected chi connectivity index (χ1v) is 5.71. The highest BCUT2D eigenvalue weighted by Gasteiger charge is 2.19. The number of hydrogen-bond donors (Lipinski definition) is 1. The molecular weight excluding hydrogens is 230 g/mol. The third-order valence-corrected chi connectivity index (χ3v) is 2.97. The van der Waals surface area contributed by atoms with Crippen LogP contribution in [0.2, 0.25) is 0 Å². The summed E-state index contributed by atoms with van der Waals surface area (Å²) >= 11 is 0. The van der Waals surface area contributed by atoms with E-state index in [0.29, 0.717) is 12.2 Å². The zero-order valence-corrected chi connectivity index (χ0v) is 10.7. The second-order valence-electron chi connectivity index (χ2n) is 4.20. The molecule has 0 aliphatic rings. The molecule has 1 aromatic heterocycles. The van der Waals surface area contributed by atoms with Crippen LogP contribution >= 0.6 is 0 Å². The smallest absolute Gasteiger partial charge is 0.234 e. The Hall–Kier alpha value is -2.17. The average Bonchev–Trinajstić information content (AvgIpc) is 2.64. The van der Waals surface area contributed by atoms with E-state index in [4.69, 9.17) is 4.74 Å². The van der Waals surface area contributed by atoms with Crippen molar-refractivity contribution < 1.29 is 9.42 Å². The van der Waals surface area contributed by atoms with Crippen molar-refractivity contribution in [2.45, 2.75) is 20.4 Å². The van der Waals surface area contributed by atoms with Gasteiger partial charge in [-0.15, -0.1) is 9.59 Å². The first-order chi connectivity index (χ1) is 8.65. The van der Waals surface area contributed by atoms with Gasteiger partial charge < -0.3 is 4.74 Å². The summed E-state index contributed by atoms with van der Waals surface area (Å²) in [5.74, 6) is 0.822. The number of nitrogens with zero attached hydrogens (tertiary/aromatic N) is 2. The molecule has 1 N–H and O–H groups in total. The number of benzene rings is 1. The van der Waals surface area contributed by atoms with E-state index in [1.165, 1.54) is 0 Å². The van der Waals surface area contributed by atoms with Crippen LogP contribution in [0.25, 0.3) is 0 Å². The van der Waals surface area contributed by atoms with Crippen LogP contribution in [0.4, 0.5) is 5.69 Å². The summed E-state index contributed by atoms with van der Waals surface area (Å²) in [5, 5.41) is 6.17. The quantitative estimate of drug-likeness (QED) is 0.665. The molecule has 0 aliphatic heterocycles. The summed E-state index contributed by atoms with van der Waals surface area (Å²) in [6.45, 7) is 4.37. The highest BCUT2D eigenvalue weighted by Crippen LogP contribution is 2.19. The molecule has 0 saturated carbocycles. The summed E-state index contributed by atoms with van der Waals surface area (Å²) in [6.07, 6.45) is 0. The molecule has 94 valence electrons. The Morgan fingerprint density at radius 2 is 2.17 bits per heavy atom. The number of rotatable bonds is 4. The predicted molar refractivity (Wildman–Crippen MR) is 68.0 cm³/mol. The summed E-state index contributed by atoms with van der Waals surface area (Å²) in [6, 6.07) is 7.83. The molecule has 2 rings (SSSR count). The van der Waals surface area contributed by atoms with Crippen molar-refractivity contribution in [3.63, 3.8) is 0 Å². The maximum absolute atomic E-state index is 10.7. The van der Waals surface area contributed by atoms with E-state index in [0.717, 1.165) is 22.7 Å². The van der Waals surface area contributed by atoms with Crippen LogP contribution in [-0.4, -0.2) is 12.2 Å². The molecule has 0 spiro atoms. The Morgan fingerprint density at radius 1 is 1.39 bits per heavy atom. The van der Waals surface area contributed by atoms with Gasteiger partial charge in [-0.25, -0.2) is 0 Å². The summed E-state index contributed by atoms with van der Waals surface area (Å²) in [4.78, 5) is 10.7. The average molecular weight is 246 g/mol.